The third-order valence-electron chi connectivity index (χ3n) is 4.42. The highest BCUT2D eigenvalue weighted by Crippen LogP contribution is 2.23. The fourth-order valence-electron chi connectivity index (χ4n) is 3.21. The number of fused-ring (bicyclic) bond motifs is 1. The van der Waals surface area contributed by atoms with Crippen LogP contribution in [0.25, 0.3) is 10.9 Å². The third kappa shape index (κ3) is 3.09. The van der Waals surface area contributed by atoms with Gasteiger partial charge >= 0.3 is 0 Å². The number of hydrogen-bond donors (Lipinski definition) is 1. The minimum atomic E-state index is -0.451. The minimum Gasteiger partial charge on any atom is -0.367 e. The molecule has 1 aliphatic rings. The number of carbonyl (C=O) groups excluding carboxylic acids is 1. The van der Waals surface area contributed by atoms with Crippen molar-refractivity contribution in [3.63, 3.8) is 0 Å². The van der Waals surface area contributed by atoms with E-state index < -0.39 is 6.10 Å². The van der Waals surface area contributed by atoms with Gasteiger partial charge in [0.2, 0.25) is 0 Å². The lowest BCUT2D eigenvalue weighted by Gasteiger charge is -2.32. The minimum absolute atomic E-state index is 0.0769. The largest absolute Gasteiger partial charge is 0.367 e. The molecule has 1 fully saturated rings. The molecule has 4 rings (SSSR count). The van der Waals surface area contributed by atoms with Crippen LogP contribution in [0.4, 0.5) is 0 Å². The van der Waals surface area contributed by atoms with E-state index in [1.807, 2.05) is 30.3 Å². The number of aromatic amines is 1. The SMILES string of the molecule is Cc1cc(=O)[nH]c(C2CN(C(=O)c3cccc4ncccc34)CCO2)n1. The number of benzene rings is 1. The summed E-state index contributed by atoms with van der Waals surface area (Å²) in [4.78, 5) is 37.9. The first-order valence-corrected chi connectivity index (χ1v) is 8.44. The number of nitrogens with one attached hydrogen (secondary N) is 1. The summed E-state index contributed by atoms with van der Waals surface area (Å²) in [6, 6.07) is 10.7. The van der Waals surface area contributed by atoms with E-state index in [1.54, 1.807) is 18.0 Å². The number of nitrogens with zero attached hydrogens (tertiary/aromatic N) is 3. The number of ether oxygens (including phenoxy) is 1. The van der Waals surface area contributed by atoms with Crippen molar-refractivity contribution >= 4 is 16.8 Å². The molecule has 0 spiro atoms. The Morgan fingerprint density at radius 3 is 3.04 bits per heavy atom. The van der Waals surface area contributed by atoms with Crippen LogP contribution in [0.5, 0.6) is 0 Å². The zero-order chi connectivity index (χ0) is 18.1. The topological polar surface area (TPSA) is 88.2 Å². The molecule has 3 heterocycles. The number of rotatable bonds is 2. The first kappa shape index (κ1) is 16.4. The van der Waals surface area contributed by atoms with Gasteiger partial charge in [0.15, 0.2) is 0 Å². The Morgan fingerprint density at radius 1 is 1.31 bits per heavy atom. The van der Waals surface area contributed by atoms with E-state index >= 15 is 0 Å². The number of aryl methyl sites for hydroxylation is 1. The maximum atomic E-state index is 13.1. The van der Waals surface area contributed by atoms with E-state index in [0.717, 1.165) is 10.9 Å². The number of amides is 1. The molecular weight excluding hydrogens is 332 g/mol. The van der Waals surface area contributed by atoms with Crippen LogP contribution >= 0.6 is 0 Å². The number of morpholine rings is 1. The smallest absolute Gasteiger partial charge is 0.254 e. The van der Waals surface area contributed by atoms with E-state index in [-0.39, 0.29) is 11.5 Å². The number of carbonyl (C=O) groups is 1. The van der Waals surface area contributed by atoms with Crippen molar-refractivity contribution in [3.8, 4) is 0 Å². The summed E-state index contributed by atoms with van der Waals surface area (Å²) in [5.41, 5.74) is 1.80. The Bertz CT molecular complexity index is 1030. The summed E-state index contributed by atoms with van der Waals surface area (Å²) in [5, 5.41) is 0.824. The van der Waals surface area contributed by atoms with Crippen molar-refractivity contribution in [1.82, 2.24) is 19.9 Å². The van der Waals surface area contributed by atoms with Crippen LogP contribution in [-0.2, 0) is 4.74 Å². The van der Waals surface area contributed by atoms with E-state index in [9.17, 15) is 9.59 Å². The molecule has 1 atom stereocenters. The van der Waals surface area contributed by atoms with Crippen LogP contribution in [0.3, 0.4) is 0 Å². The molecule has 1 unspecified atom stereocenters. The normalized spacial score (nSPS) is 17.4. The van der Waals surface area contributed by atoms with Gasteiger partial charge in [0.25, 0.3) is 11.5 Å². The van der Waals surface area contributed by atoms with Crippen LogP contribution < -0.4 is 5.56 Å². The third-order valence-corrected chi connectivity index (χ3v) is 4.42. The highest BCUT2D eigenvalue weighted by Gasteiger charge is 2.28. The fourth-order valence-corrected chi connectivity index (χ4v) is 3.21. The molecule has 0 aliphatic carbocycles. The molecule has 1 amide bonds. The zero-order valence-corrected chi connectivity index (χ0v) is 14.3. The van der Waals surface area contributed by atoms with Gasteiger partial charge in [-0.2, -0.15) is 0 Å². The van der Waals surface area contributed by atoms with Gasteiger partial charge < -0.3 is 14.6 Å². The van der Waals surface area contributed by atoms with Crippen LogP contribution in [0.15, 0.2) is 47.4 Å². The molecule has 1 saturated heterocycles. The average Bonchev–Trinajstić information content (AvgIpc) is 2.66. The highest BCUT2D eigenvalue weighted by molar-refractivity contribution is 6.06. The number of H-pyrrole nitrogens is 1. The quantitative estimate of drug-likeness (QED) is 0.762. The summed E-state index contributed by atoms with van der Waals surface area (Å²) >= 11 is 0. The lowest BCUT2D eigenvalue weighted by Crippen LogP contribution is -2.43. The van der Waals surface area contributed by atoms with Crippen LogP contribution in [-0.4, -0.2) is 45.5 Å². The van der Waals surface area contributed by atoms with Crippen molar-refractivity contribution < 1.29 is 9.53 Å². The van der Waals surface area contributed by atoms with E-state index in [0.29, 0.717) is 36.8 Å². The molecule has 7 heteroatoms. The standard InChI is InChI=1S/C19H18N4O3/c1-12-10-17(24)22-18(21-12)16-11-23(8-9-26-16)19(25)14-4-2-6-15-13(14)5-3-7-20-15/h2-7,10,16H,8-9,11H2,1H3,(H,21,22,24). The molecule has 7 nitrogen and oxygen atoms in total. The molecule has 0 radical (unpaired) electrons. The van der Waals surface area contributed by atoms with Crippen molar-refractivity contribution in [3.05, 3.63) is 70.0 Å². The Hall–Kier alpha value is -3.06. The van der Waals surface area contributed by atoms with Crippen molar-refractivity contribution in [2.45, 2.75) is 13.0 Å². The van der Waals surface area contributed by atoms with E-state index in [2.05, 4.69) is 15.0 Å². The second kappa shape index (κ2) is 6.68. The van der Waals surface area contributed by atoms with Crippen LogP contribution in [0, 0.1) is 6.92 Å². The lowest BCUT2D eigenvalue weighted by molar-refractivity contribution is -0.0269. The monoisotopic (exact) mass is 350 g/mol. The molecule has 3 aromatic rings. The lowest BCUT2D eigenvalue weighted by atomic mass is 10.1. The summed E-state index contributed by atoms with van der Waals surface area (Å²) in [6.07, 6.45) is 1.26. The first-order valence-electron chi connectivity index (χ1n) is 8.44. The van der Waals surface area contributed by atoms with Gasteiger partial charge in [-0.25, -0.2) is 4.98 Å². The Morgan fingerprint density at radius 2 is 2.19 bits per heavy atom. The fraction of sp³-hybridized carbons (Fsp3) is 0.263. The summed E-state index contributed by atoms with van der Waals surface area (Å²) < 4.78 is 5.74. The molecule has 132 valence electrons. The molecular formula is C19H18N4O3. The van der Waals surface area contributed by atoms with Gasteiger partial charge in [0.05, 0.1) is 18.7 Å². The molecule has 1 N–H and O–H groups in total. The Labute approximate surface area is 149 Å². The van der Waals surface area contributed by atoms with Gasteiger partial charge in [0, 0.05) is 35.5 Å². The van der Waals surface area contributed by atoms with Gasteiger partial charge in [-0.1, -0.05) is 12.1 Å². The molecule has 26 heavy (non-hydrogen) atoms. The van der Waals surface area contributed by atoms with Crippen molar-refractivity contribution in [2.75, 3.05) is 19.7 Å². The Kier molecular flexibility index (Phi) is 4.22. The number of aromatic nitrogens is 3. The molecule has 0 saturated carbocycles. The van der Waals surface area contributed by atoms with Crippen molar-refractivity contribution in [1.29, 1.82) is 0 Å². The van der Waals surface area contributed by atoms with Gasteiger partial charge in [0.1, 0.15) is 11.9 Å². The van der Waals surface area contributed by atoms with E-state index in [1.165, 1.54) is 6.07 Å². The second-order valence-corrected chi connectivity index (χ2v) is 6.26. The summed E-state index contributed by atoms with van der Waals surface area (Å²) in [7, 11) is 0. The van der Waals surface area contributed by atoms with Crippen molar-refractivity contribution in [2.24, 2.45) is 0 Å². The second-order valence-electron chi connectivity index (χ2n) is 6.26. The first-order chi connectivity index (χ1) is 12.6. The highest BCUT2D eigenvalue weighted by atomic mass is 16.5. The summed E-state index contributed by atoms with van der Waals surface area (Å²) in [6.45, 7) is 2.97. The van der Waals surface area contributed by atoms with Gasteiger partial charge in [-0.3, -0.25) is 14.6 Å². The Balaban J connectivity index is 1.63. The maximum absolute atomic E-state index is 13.1. The van der Waals surface area contributed by atoms with Gasteiger partial charge in [-0.15, -0.1) is 0 Å². The molecule has 0 bridgehead atoms. The maximum Gasteiger partial charge on any atom is 0.254 e. The average molecular weight is 350 g/mol. The van der Waals surface area contributed by atoms with E-state index in [4.69, 9.17) is 4.74 Å². The molecule has 1 aliphatic heterocycles. The zero-order valence-electron chi connectivity index (χ0n) is 14.3. The van der Waals surface area contributed by atoms with Crippen LogP contribution in [0.2, 0.25) is 0 Å². The predicted octanol–water partition coefficient (Wildman–Crippen LogP) is 1.84. The van der Waals surface area contributed by atoms with Gasteiger partial charge in [-0.05, 0) is 25.1 Å². The molecule has 2 aromatic heterocycles. The molecule has 1 aromatic carbocycles. The number of hydrogen-bond acceptors (Lipinski definition) is 5. The predicted molar refractivity (Wildman–Crippen MR) is 95.9 cm³/mol. The summed E-state index contributed by atoms with van der Waals surface area (Å²) in [5.74, 6) is 0.374. The van der Waals surface area contributed by atoms with Crippen LogP contribution in [0.1, 0.15) is 28.0 Å². The number of pyridine rings is 1.